The summed E-state index contributed by atoms with van der Waals surface area (Å²) in [4.78, 5) is 26.3. The number of likely N-dealkylation sites (tertiary alicyclic amines) is 1. The van der Waals surface area contributed by atoms with Gasteiger partial charge in [0.1, 0.15) is 5.75 Å². The Bertz CT molecular complexity index is 635. The molecule has 0 aromatic heterocycles. The summed E-state index contributed by atoms with van der Waals surface area (Å²) in [6, 6.07) is 3.89. The maximum Gasteiger partial charge on any atom is 0.387 e. The van der Waals surface area contributed by atoms with Gasteiger partial charge in [0.05, 0.1) is 11.5 Å². The summed E-state index contributed by atoms with van der Waals surface area (Å²) in [6.07, 6.45) is 1.29. The van der Waals surface area contributed by atoms with Crippen LogP contribution < -0.4 is 15.8 Å². The summed E-state index contributed by atoms with van der Waals surface area (Å²) in [5.41, 5.74) is 5.32. The number of hydrogen-bond acceptors (Lipinski definition) is 4. The molecule has 0 aliphatic carbocycles. The number of amides is 2. The first-order chi connectivity index (χ1) is 11.9. The van der Waals surface area contributed by atoms with Crippen molar-refractivity contribution in [2.45, 2.75) is 19.5 Å². The molecule has 1 aliphatic heterocycles. The van der Waals surface area contributed by atoms with E-state index in [1.807, 2.05) is 0 Å². The zero-order valence-corrected chi connectivity index (χ0v) is 15.5. The van der Waals surface area contributed by atoms with Gasteiger partial charge in [-0.2, -0.15) is 8.78 Å². The lowest BCUT2D eigenvalue weighted by Crippen LogP contribution is -2.46. The molecule has 3 N–H and O–H groups in total. The van der Waals surface area contributed by atoms with Crippen molar-refractivity contribution in [2.75, 3.05) is 26.2 Å². The third-order valence-electron chi connectivity index (χ3n) is 3.91. The van der Waals surface area contributed by atoms with Crippen LogP contribution in [-0.4, -0.2) is 49.5 Å². The summed E-state index contributed by atoms with van der Waals surface area (Å²) in [5, 5.41) is 2.94. The molecule has 2 amide bonds. The standard InChI is InChI=1S/C16H20ClF2N3O3.ClH/c17-11-3-4-13(25-16(18)19)12(8-11)15(24)22-7-1-2-10(9-22)14(23)21-6-5-20;/h3-4,8,10,16H,1-2,5-7,9,20H2,(H,21,23);1H. The van der Waals surface area contributed by atoms with Gasteiger partial charge in [0.25, 0.3) is 5.91 Å². The van der Waals surface area contributed by atoms with Crippen molar-refractivity contribution in [3.63, 3.8) is 0 Å². The number of piperidine rings is 1. The number of ether oxygens (including phenoxy) is 1. The zero-order valence-electron chi connectivity index (χ0n) is 13.9. The Labute approximate surface area is 161 Å². The van der Waals surface area contributed by atoms with Crippen LogP contribution in [0.3, 0.4) is 0 Å². The minimum atomic E-state index is -3.05. The highest BCUT2D eigenvalue weighted by Crippen LogP contribution is 2.27. The number of alkyl halides is 2. The fraction of sp³-hybridized carbons (Fsp3) is 0.500. The third kappa shape index (κ3) is 5.96. The predicted octanol–water partition coefficient (Wildman–Crippen LogP) is 2.29. The molecule has 0 spiro atoms. The van der Waals surface area contributed by atoms with Crippen LogP contribution in [0.1, 0.15) is 23.2 Å². The molecule has 1 fully saturated rings. The van der Waals surface area contributed by atoms with Crippen molar-refractivity contribution >= 4 is 35.8 Å². The average Bonchev–Trinajstić information content (AvgIpc) is 2.60. The molecule has 1 saturated heterocycles. The van der Waals surface area contributed by atoms with Crippen LogP contribution in [0.15, 0.2) is 18.2 Å². The monoisotopic (exact) mass is 411 g/mol. The zero-order chi connectivity index (χ0) is 18.4. The molecule has 1 atom stereocenters. The number of rotatable bonds is 6. The first kappa shape index (κ1) is 22.4. The molecule has 0 saturated carbocycles. The van der Waals surface area contributed by atoms with Gasteiger partial charge in [-0.25, -0.2) is 0 Å². The van der Waals surface area contributed by atoms with Crippen LogP contribution in [0.2, 0.25) is 5.02 Å². The highest BCUT2D eigenvalue weighted by atomic mass is 35.5. The van der Waals surface area contributed by atoms with Crippen LogP contribution in [0.25, 0.3) is 0 Å². The van der Waals surface area contributed by atoms with E-state index in [2.05, 4.69) is 10.1 Å². The highest BCUT2D eigenvalue weighted by molar-refractivity contribution is 6.31. The van der Waals surface area contributed by atoms with Crippen LogP contribution in [-0.2, 0) is 4.79 Å². The molecule has 1 unspecified atom stereocenters. The Hall–Kier alpha value is -1.64. The van der Waals surface area contributed by atoms with Gasteiger partial charge in [-0.15, -0.1) is 12.4 Å². The molecule has 10 heteroatoms. The van der Waals surface area contributed by atoms with Crippen molar-refractivity contribution < 1.29 is 23.1 Å². The lowest BCUT2D eigenvalue weighted by molar-refractivity contribution is -0.126. The van der Waals surface area contributed by atoms with E-state index in [0.29, 0.717) is 32.5 Å². The number of carbonyl (C=O) groups is 2. The molecule has 1 aromatic carbocycles. The SMILES string of the molecule is Cl.NCCNC(=O)C1CCCN(C(=O)c2cc(Cl)ccc2OC(F)F)C1. The summed E-state index contributed by atoms with van der Waals surface area (Å²) in [5.74, 6) is -1.26. The van der Waals surface area contributed by atoms with Crippen LogP contribution in [0.4, 0.5) is 8.78 Å². The summed E-state index contributed by atoms with van der Waals surface area (Å²) in [7, 11) is 0. The summed E-state index contributed by atoms with van der Waals surface area (Å²) < 4.78 is 29.5. The number of nitrogens with zero attached hydrogens (tertiary/aromatic N) is 1. The minimum absolute atomic E-state index is 0. The van der Waals surface area contributed by atoms with E-state index in [4.69, 9.17) is 17.3 Å². The van der Waals surface area contributed by atoms with Gasteiger partial charge in [-0.1, -0.05) is 11.6 Å². The number of halogens is 4. The van der Waals surface area contributed by atoms with Gasteiger partial charge in [-0.05, 0) is 31.0 Å². The first-order valence-corrected chi connectivity index (χ1v) is 8.31. The van der Waals surface area contributed by atoms with Crippen LogP contribution in [0, 0.1) is 5.92 Å². The smallest absolute Gasteiger partial charge is 0.387 e. The van der Waals surface area contributed by atoms with Crippen molar-refractivity contribution in [3.8, 4) is 5.75 Å². The maximum atomic E-state index is 12.7. The molecular weight excluding hydrogens is 391 g/mol. The fourth-order valence-corrected chi connectivity index (χ4v) is 2.93. The van der Waals surface area contributed by atoms with E-state index in [-0.39, 0.29) is 47.1 Å². The fourth-order valence-electron chi connectivity index (χ4n) is 2.75. The number of carbonyl (C=O) groups excluding carboxylic acids is 2. The molecule has 1 heterocycles. The number of benzene rings is 1. The molecule has 1 aromatic rings. The molecule has 1 aliphatic rings. The largest absolute Gasteiger partial charge is 0.434 e. The van der Waals surface area contributed by atoms with Crippen molar-refractivity contribution in [1.29, 1.82) is 0 Å². The van der Waals surface area contributed by atoms with E-state index in [0.717, 1.165) is 0 Å². The minimum Gasteiger partial charge on any atom is -0.434 e. The van der Waals surface area contributed by atoms with E-state index < -0.39 is 12.5 Å². The molecular formula is C16H21Cl2F2N3O3. The molecule has 0 radical (unpaired) electrons. The van der Waals surface area contributed by atoms with E-state index in [9.17, 15) is 18.4 Å². The maximum absolute atomic E-state index is 12.7. The molecule has 2 rings (SSSR count). The van der Waals surface area contributed by atoms with E-state index >= 15 is 0 Å². The first-order valence-electron chi connectivity index (χ1n) is 7.93. The lowest BCUT2D eigenvalue weighted by atomic mass is 9.96. The van der Waals surface area contributed by atoms with E-state index in [1.165, 1.54) is 23.1 Å². The van der Waals surface area contributed by atoms with Crippen LogP contribution >= 0.6 is 24.0 Å². The second-order valence-corrected chi connectivity index (χ2v) is 6.13. The summed E-state index contributed by atoms with van der Waals surface area (Å²) in [6.45, 7) is -1.72. The van der Waals surface area contributed by atoms with Gasteiger partial charge in [0, 0.05) is 31.2 Å². The molecule has 146 valence electrons. The predicted molar refractivity (Wildman–Crippen MR) is 96.0 cm³/mol. The normalized spacial score (nSPS) is 16.8. The topological polar surface area (TPSA) is 84.7 Å². The van der Waals surface area contributed by atoms with Gasteiger partial charge in [0.2, 0.25) is 5.91 Å². The Morgan fingerprint density at radius 2 is 2.15 bits per heavy atom. The van der Waals surface area contributed by atoms with Crippen molar-refractivity contribution in [2.24, 2.45) is 11.7 Å². The molecule has 26 heavy (non-hydrogen) atoms. The van der Waals surface area contributed by atoms with Crippen LogP contribution in [0.5, 0.6) is 5.75 Å². The average molecular weight is 412 g/mol. The summed E-state index contributed by atoms with van der Waals surface area (Å²) >= 11 is 5.88. The quantitative estimate of drug-likeness (QED) is 0.751. The van der Waals surface area contributed by atoms with E-state index in [1.54, 1.807) is 0 Å². The second kappa shape index (κ2) is 10.5. The van der Waals surface area contributed by atoms with Gasteiger partial charge in [-0.3, -0.25) is 9.59 Å². The molecule has 0 bridgehead atoms. The third-order valence-corrected chi connectivity index (χ3v) is 4.15. The Kier molecular flexibility index (Phi) is 9.04. The van der Waals surface area contributed by atoms with Gasteiger partial charge < -0.3 is 20.7 Å². The Morgan fingerprint density at radius 1 is 1.42 bits per heavy atom. The second-order valence-electron chi connectivity index (χ2n) is 5.69. The van der Waals surface area contributed by atoms with Gasteiger partial charge >= 0.3 is 6.61 Å². The number of nitrogens with one attached hydrogen (secondary N) is 1. The Morgan fingerprint density at radius 3 is 2.81 bits per heavy atom. The van der Waals surface area contributed by atoms with Crippen molar-refractivity contribution in [1.82, 2.24) is 10.2 Å². The number of nitrogens with two attached hydrogens (primary N) is 1. The molecule has 6 nitrogen and oxygen atoms in total. The lowest BCUT2D eigenvalue weighted by Gasteiger charge is -2.32. The number of hydrogen-bond donors (Lipinski definition) is 2. The van der Waals surface area contributed by atoms with Gasteiger partial charge in [0.15, 0.2) is 0 Å². The highest BCUT2D eigenvalue weighted by Gasteiger charge is 2.30. The van der Waals surface area contributed by atoms with Crippen molar-refractivity contribution in [3.05, 3.63) is 28.8 Å². The Balaban J connectivity index is 0.00000338.